The second kappa shape index (κ2) is 10.2. The second-order valence-corrected chi connectivity index (χ2v) is 10.9. The van der Waals surface area contributed by atoms with Crippen molar-refractivity contribution >= 4 is 34.5 Å². The first-order valence-corrected chi connectivity index (χ1v) is 13.0. The topological polar surface area (TPSA) is 92.0 Å². The van der Waals surface area contributed by atoms with Gasteiger partial charge in [-0.25, -0.2) is 9.97 Å². The van der Waals surface area contributed by atoms with E-state index < -0.39 is 11.7 Å². The van der Waals surface area contributed by atoms with Crippen molar-refractivity contribution in [2.75, 3.05) is 30.3 Å². The first-order chi connectivity index (χ1) is 18.0. The summed E-state index contributed by atoms with van der Waals surface area (Å²) in [5, 5.41) is 6.20. The van der Waals surface area contributed by atoms with Gasteiger partial charge < -0.3 is 21.3 Å². The van der Waals surface area contributed by atoms with Crippen LogP contribution in [0.3, 0.4) is 0 Å². The summed E-state index contributed by atoms with van der Waals surface area (Å²) in [7, 11) is 0. The molecule has 0 saturated carbocycles. The van der Waals surface area contributed by atoms with Gasteiger partial charge in [0.25, 0.3) is 0 Å². The van der Waals surface area contributed by atoms with Crippen molar-refractivity contribution < 1.29 is 13.2 Å². The number of benzene rings is 1. The van der Waals surface area contributed by atoms with Gasteiger partial charge in [0.15, 0.2) is 0 Å². The number of alkyl halides is 3. The van der Waals surface area contributed by atoms with Crippen molar-refractivity contribution in [3.8, 4) is 11.3 Å². The molecule has 2 aromatic heterocycles. The van der Waals surface area contributed by atoms with Crippen LogP contribution in [-0.2, 0) is 19.0 Å². The third-order valence-electron chi connectivity index (χ3n) is 7.20. The highest BCUT2D eigenvalue weighted by atomic mass is 32.1. The number of aromatic nitrogens is 3. The van der Waals surface area contributed by atoms with Crippen LogP contribution in [-0.4, -0.2) is 50.0 Å². The predicted molar refractivity (Wildman–Crippen MR) is 147 cm³/mol. The van der Waals surface area contributed by atoms with E-state index in [1.807, 2.05) is 13.1 Å². The lowest BCUT2D eigenvalue weighted by Gasteiger charge is -2.36. The predicted octanol–water partition coefficient (Wildman–Crippen LogP) is 5.26. The van der Waals surface area contributed by atoms with Crippen LogP contribution in [0.2, 0.25) is 0 Å². The van der Waals surface area contributed by atoms with Gasteiger partial charge >= 0.3 is 6.18 Å². The Hall–Kier alpha value is -3.15. The molecule has 0 radical (unpaired) electrons. The van der Waals surface area contributed by atoms with Gasteiger partial charge in [-0.05, 0) is 70.0 Å². The van der Waals surface area contributed by atoms with E-state index in [2.05, 4.69) is 43.5 Å². The van der Waals surface area contributed by atoms with Gasteiger partial charge in [0.05, 0.1) is 27.6 Å². The van der Waals surface area contributed by atoms with Gasteiger partial charge in [-0.15, -0.1) is 0 Å². The quantitative estimate of drug-likeness (QED) is 0.377. The van der Waals surface area contributed by atoms with E-state index in [4.69, 9.17) is 18.0 Å². The maximum atomic E-state index is 13.3. The highest BCUT2D eigenvalue weighted by Gasteiger charge is 2.32. The normalized spacial score (nSPS) is 17.3. The number of fused-ring (bicyclic) bond motifs is 3. The number of likely N-dealkylation sites (tertiary alicyclic amines) is 1. The first-order valence-electron chi connectivity index (χ1n) is 12.6. The molecule has 11 heteroatoms. The van der Waals surface area contributed by atoms with Crippen LogP contribution in [0.25, 0.3) is 11.3 Å². The molecule has 38 heavy (non-hydrogen) atoms. The summed E-state index contributed by atoms with van der Waals surface area (Å²) in [4.78, 5) is 16.5. The average Bonchev–Trinajstić information content (AvgIpc) is 2.99. The molecule has 3 aromatic rings. The molecular formula is C27H30F3N7S. The Bertz CT molecular complexity index is 1360. The summed E-state index contributed by atoms with van der Waals surface area (Å²) in [6, 6.07) is 5.60. The summed E-state index contributed by atoms with van der Waals surface area (Å²) in [5.74, 6) is 0.336. The minimum atomic E-state index is -4.46. The molecule has 0 bridgehead atoms. The lowest BCUT2D eigenvalue weighted by atomic mass is 9.91. The maximum absolute atomic E-state index is 13.3. The molecule has 4 N–H and O–H groups in total. The summed E-state index contributed by atoms with van der Waals surface area (Å²) in [6.45, 7) is 6.92. The molecule has 1 saturated heterocycles. The highest BCUT2D eigenvalue weighted by molar-refractivity contribution is 7.80. The molecule has 2 aliphatic heterocycles. The van der Waals surface area contributed by atoms with Crippen LogP contribution in [0, 0.1) is 6.92 Å². The van der Waals surface area contributed by atoms with E-state index in [0.29, 0.717) is 28.6 Å². The number of anilines is 3. The SMILES string of the molecule is Cc1ncc(CCN2CCC(C)(N)CC2)cc1Nc1ncc2c(n1)-c1ccc(C(F)(F)F)cc1NC(=S)C2. The third kappa shape index (κ3) is 5.95. The van der Waals surface area contributed by atoms with E-state index in [1.54, 1.807) is 6.20 Å². The van der Waals surface area contributed by atoms with Crippen molar-refractivity contribution in [1.82, 2.24) is 19.9 Å². The van der Waals surface area contributed by atoms with E-state index in [1.165, 1.54) is 6.07 Å². The van der Waals surface area contributed by atoms with Crippen molar-refractivity contribution in [2.45, 2.75) is 51.2 Å². The van der Waals surface area contributed by atoms with Crippen LogP contribution in [0.4, 0.5) is 30.5 Å². The maximum Gasteiger partial charge on any atom is 0.416 e. The minimum absolute atomic E-state index is 0.0744. The van der Waals surface area contributed by atoms with Crippen molar-refractivity contribution in [3.05, 3.63) is 59.0 Å². The first kappa shape index (κ1) is 26.5. The van der Waals surface area contributed by atoms with Crippen LogP contribution in [0.15, 0.2) is 36.7 Å². The van der Waals surface area contributed by atoms with Crippen LogP contribution >= 0.6 is 12.2 Å². The molecule has 2 aliphatic rings. The zero-order valence-electron chi connectivity index (χ0n) is 21.3. The molecule has 0 unspecified atom stereocenters. The number of aryl methyl sites for hydroxylation is 1. The largest absolute Gasteiger partial charge is 0.416 e. The highest BCUT2D eigenvalue weighted by Crippen LogP contribution is 2.38. The summed E-state index contributed by atoms with van der Waals surface area (Å²) in [5.41, 5.74) is 10.2. The number of hydrogen-bond donors (Lipinski definition) is 3. The zero-order chi connectivity index (χ0) is 27.1. The fourth-order valence-corrected chi connectivity index (χ4v) is 5.03. The Balaban J connectivity index is 1.37. The van der Waals surface area contributed by atoms with Gasteiger partial charge in [-0.2, -0.15) is 13.2 Å². The number of pyridine rings is 1. The Labute approximate surface area is 225 Å². The lowest BCUT2D eigenvalue weighted by molar-refractivity contribution is -0.137. The average molecular weight is 542 g/mol. The molecule has 200 valence electrons. The molecule has 0 amide bonds. The Morgan fingerprint density at radius 1 is 1.16 bits per heavy atom. The molecule has 1 fully saturated rings. The number of nitrogens with zero attached hydrogens (tertiary/aromatic N) is 4. The summed E-state index contributed by atoms with van der Waals surface area (Å²) in [6.07, 6.45) is 2.25. The molecule has 0 atom stereocenters. The smallest absolute Gasteiger partial charge is 0.349 e. The second-order valence-electron chi connectivity index (χ2n) is 10.4. The van der Waals surface area contributed by atoms with Crippen LogP contribution in [0.5, 0.6) is 0 Å². The van der Waals surface area contributed by atoms with E-state index in [9.17, 15) is 13.2 Å². The van der Waals surface area contributed by atoms with Gasteiger partial charge in [-0.3, -0.25) is 4.98 Å². The number of piperidine rings is 1. The Morgan fingerprint density at radius 2 is 1.92 bits per heavy atom. The third-order valence-corrected chi connectivity index (χ3v) is 7.44. The molecule has 0 spiro atoms. The van der Waals surface area contributed by atoms with Gasteiger partial charge in [0, 0.05) is 47.7 Å². The zero-order valence-corrected chi connectivity index (χ0v) is 22.1. The number of nitrogens with two attached hydrogens (primary N) is 1. The van der Waals surface area contributed by atoms with Gasteiger partial charge in [-0.1, -0.05) is 18.3 Å². The molecular weight excluding hydrogens is 511 g/mol. The van der Waals surface area contributed by atoms with Crippen LogP contribution < -0.4 is 16.4 Å². The summed E-state index contributed by atoms with van der Waals surface area (Å²) < 4.78 is 39.9. The minimum Gasteiger partial charge on any atom is -0.349 e. The van der Waals surface area contributed by atoms with Crippen molar-refractivity contribution in [3.63, 3.8) is 0 Å². The van der Waals surface area contributed by atoms with E-state index in [0.717, 1.165) is 73.5 Å². The van der Waals surface area contributed by atoms with Gasteiger partial charge in [0.2, 0.25) is 5.95 Å². The fourth-order valence-electron chi connectivity index (χ4n) is 4.76. The van der Waals surface area contributed by atoms with Crippen molar-refractivity contribution in [1.29, 1.82) is 0 Å². The molecule has 5 rings (SSSR count). The lowest BCUT2D eigenvalue weighted by Crippen LogP contribution is -2.48. The molecule has 4 heterocycles. The van der Waals surface area contributed by atoms with Crippen molar-refractivity contribution in [2.24, 2.45) is 5.73 Å². The molecule has 1 aromatic carbocycles. The number of halogens is 3. The number of thiocarbonyl (C=S) groups is 1. The number of rotatable bonds is 5. The van der Waals surface area contributed by atoms with E-state index in [-0.39, 0.29) is 11.2 Å². The monoisotopic (exact) mass is 541 g/mol. The summed E-state index contributed by atoms with van der Waals surface area (Å²) >= 11 is 5.35. The fraction of sp³-hybridized carbons (Fsp3) is 0.407. The Morgan fingerprint density at radius 3 is 2.66 bits per heavy atom. The molecule has 7 nitrogen and oxygen atoms in total. The van der Waals surface area contributed by atoms with Gasteiger partial charge in [0.1, 0.15) is 0 Å². The Kier molecular flexibility index (Phi) is 7.10. The van der Waals surface area contributed by atoms with E-state index >= 15 is 0 Å². The number of hydrogen-bond acceptors (Lipinski definition) is 7. The number of nitrogens with one attached hydrogen (secondary N) is 2. The van der Waals surface area contributed by atoms with Crippen LogP contribution in [0.1, 0.15) is 42.1 Å². The standard InChI is InChI=1S/C27H30F3N7S/c1-16-21(11-17(14-32-16)5-8-37-9-6-26(2,31)7-10-37)35-25-33-15-18-12-23(38)34-22-13-19(27(28,29)30)3-4-20(22)24(18)36-25/h3-4,11,13-15H,5-10,12,31H2,1-2H3,(H,34,38)(H,33,35,36). The molecule has 0 aliphatic carbocycles.